The molecule has 0 aliphatic carbocycles. The van der Waals surface area contributed by atoms with Gasteiger partial charge in [-0.25, -0.2) is 9.59 Å². The van der Waals surface area contributed by atoms with E-state index in [2.05, 4.69) is 38.8 Å². The number of urea groups is 2. The first-order valence-corrected chi connectivity index (χ1v) is 28.4. The summed E-state index contributed by atoms with van der Waals surface area (Å²) in [5.74, 6) is 0.329. The molecular formula is C61H76F6N6O11. The second kappa shape index (κ2) is 30.8. The molecular weight excluding hydrogens is 1110 g/mol. The quantitative estimate of drug-likeness (QED) is 0.0150. The molecule has 6 N–H and O–H groups in total. The summed E-state index contributed by atoms with van der Waals surface area (Å²) in [6.07, 6.45) is -4.53. The zero-order valence-electron chi connectivity index (χ0n) is 47.8. The molecule has 2 aliphatic heterocycles. The first kappa shape index (κ1) is 64.6. The van der Waals surface area contributed by atoms with Gasteiger partial charge in [-0.05, 0) is 90.0 Å². The summed E-state index contributed by atoms with van der Waals surface area (Å²) in [5, 5.41) is 17.0. The average Bonchev–Trinajstić information content (AvgIpc) is 1.67. The van der Waals surface area contributed by atoms with Crippen molar-refractivity contribution in [2.75, 3.05) is 61.9 Å². The van der Waals surface area contributed by atoms with Crippen LogP contribution in [0.1, 0.15) is 101 Å². The van der Waals surface area contributed by atoms with Gasteiger partial charge in [0, 0.05) is 17.9 Å². The van der Waals surface area contributed by atoms with Crippen molar-refractivity contribution >= 4 is 34.8 Å². The average molecular weight is 1180 g/mol. The fourth-order valence-corrected chi connectivity index (χ4v) is 10.2. The van der Waals surface area contributed by atoms with E-state index in [0.29, 0.717) is 24.5 Å². The standard InChI is InChI=1S/C61H76F6N6O11/c1-6-7-8-9-10-11-12-13-14-29-68-52-53(55(75)54(52)74)72-51-49(36-81-33-40-23-27-46(79-5)28-24-40)82-34-47(71-58(76)69-43-19-15-17-41(30-43)60(62,63)64)56(51)84-57-50(73-59(77)70-44-20-16-18-42(31-44)61(65,66)67)38(3)37(2)48(83-57)35-80-32-39-21-25-45(78-4)26-22-39/h15-28,30-31,37-38,47-51,56-57,68,72H,6-14,29,32-36H2,1-5H3,(H2,69,71,76)(H2,70,73,77)/t37-,38-,47?,48?,49?,50?,51-,56+,57-/m0/s1. The molecule has 458 valence electrons. The number of hydrogen-bond donors (Lipinski definition) is 6. The van der Waals surface area contributed by atoms with E-state index in [0.717, 1.165) is 79.6 Å². The van der Waals surface area contributed by atoms with E-state index in [1.54, 1.807) is 43.5 Å². The number of carbonyl (C=O) groups is 2. The van der Waals surface area contributed by atoms with Gasteiger partial charge in [-0.2, -0.15) is 26.3 Å². The second-order valence-corrected chi connectivity index (χ2v) is 21.3. The Morgan fingerprint density at radius 2 is 1.11 bits per heavy atom. The molecule has 5 aromatic carbocycles. The van der Waals surface area contributed by atoms with Crippen LogP contribution in [0.25, 0.3) is 0 Å². The molecule has 4 amide bonds. The zero-order chi connectivity index (χ0) is 60.4. The Morgan fingerprint density at radius 3 is 1.63 bits per heavy atom. The lowest BCUT2D eigenvalue weighted by Crippen LogP contribution is -2.67. The Labute approximate surface area is 484 Å². The van der Waals surface area contributed by atoms with Gasteiger partial charge < -0.3 is 65.1 Å². The van der Waals surface area contributed by atoms with E-state index in [4.69, 9.17) is 33.2 Å². The number of amides is 4. The summed E-state index contributed by atoms with van der Waals surface area (Å²) in [5.41, 5.74) is -2.50. The molecule has 2 aliphatic rings. The van der Waals surface area contributed by atoms with Crippen LogP contribution in [0, 0.1) is 11.8 Å². The minimum atomic E-state index is -4.73. The maximum Gasteiger partial charge on any atom is 0.416 e. The Kier molecular flexibility index (Phi) is 23.7. The van der Waals surface area contributed by atoms with Gasteiger partial charge >= 0.3 is 24.4 Å². The predicted octanol–water partition coefficient (Wildman–Crippen LogP) is 11.7. The number of hydrogen-bond acceptors (Lipinski definition) is 13. The molecule has 0 bridgehead atoms. The molecule has 23 heteroatoms. The summed E-state index contributed by atoms with van der Waals surface area (Å²) in [6.45, 7) is 5.95. The molecule has 5 aromatic rings. The maximum absolute atomic E-state index is 14.1. The number of methoxy groups -OCH3 is 2. The lowest BCUT2D eigenvalue weighted by Gasteiger charge is -2.49. The molecule has 7 rings (SSSR count). The number of alkyl halides is 6. The van der Waals surface area contributed by atoms with E-state index in [1.165, 1.54) is 38.5 Å². The number of unbranched alkanes of at least 4 members (excludes halogenated alkanes) is 8. The molecule has 17 nitrogen and oxygen atoms in total. The normalized spacial score (nSPS) is 21.8. The summed E-state index contributed by atoms with van der Waals surface area (Å²) >= 11 is 0. The van der Waals surface area contributed by atoms with Crippen molar-refractivity contribution < 1.29 is 69.1 Å². The van der Waals surface area contributed by atoms with Crippen LogP contribution in [-0.2, 0) is 49.3 Å². The predicted molar refractivity (Wildman–Crippen MR) is 306 cm³/mol. The van der Waals surface area contributed by atoms with Gasteiger partial charge in [-0.1, -0.05) is 109 Å². The van der Waals surface area contributed by atoms with Crippen LogP contribution in [0.3, 0.4) is 0 Å². The van der Waals surface area contributed by atoms with Crippen molar-refractivity contribution in [1.82, 2.24) is 10.6 Å². The Morgan fingerprint density at radius 1 is 0.607 bits per heavy atom. The van der Waals surface area contributed by atoms with E-state index in [-0.39, 0.29) is 55.8 Å². The molecule has 2 saturated heterocycles. The number of rotatable bonds is 29. The molecule has 9 atom stereocenters. The topological polar surface area (TPSA) is 205 Å². The van der Waals surface area contributed by atoms with Crippen molar-refractivity contribution in [1.29, 1.82) is 0 Å². The molecule has 0 radical (unpaired) electrons. The summed E-state index contributed by atoms with van der Waals surface area (Å²) in [7, 11) is 3.09. The van der Waals surface area contributed by atoms with Crippen molar-refractivity contribution in [3.63, 3.8) is 0 Å². The second-order valence-electron chi connectivity index (χ2n) is 21.3. The molecule has 2 fully saturated rings. The number of anilines is 4. The van der Waals surface area contributed by atoms with Gasteiger partial charge in [0.2, 0.25) is 0 Å². The smallest absolute Gasteiger partial charge is 0.416 e. The Balaban J connectivity index is 1.23. The van der Waals surface area contributed by atoms with Crippen LogP contribution in [-0.4, -0.2) is 95.4 Å². The van der Waals surface area contributed by atoms with Gasteiger partial charge in [-0.3, -0.25) is 9.59 Å². The highest BCUT2D eigenvalue weighted by Crippen LogP contribution is 2.37. The van der Waals surface area contributed by atoms with E-state index < -0.39 is 101 Å². The highest BCUT2D eigenvalue weighted by molar-refractivity contribution is 5.90. The highest BCUT2D eigenvalue weighted by Gasteiger charge is 2.50. The molecule has 2 heterocycles. The van der Waals surface area contributed by atoms with Gasteiger partial charge in [0.15, 0.2) is 6.29 Å². The summed E-state index contributed by atoms with van der Waals surface area (Å²) in [4.78, 5) is 55.2. The first-order chi connectivity index (χ1) is 40.3. The largest absolute Gasteiger partial charge is 0.497 e. The number of carbonyl (C=O) groups excluding carboxylic acids is 2. The third kappa shape index (κ3) is 18.3. The van der Waals surface area contributed by atoms with Crippen LogP contribution < -0.4 is 52.2 Å². The lowest BCUT2D eigenvalue weighted by molar-refractivity contribution is -0.274. The minimum Gasteiger partial charge on any atom is -0.497 e. The van der Waals surface area contributed by atoms with Crippen LogP contribution in [0.5, 0.6) is 11.5 Å². The van der Waals surface area contributed by atoms with Gasteiger partial charge in [0.25, 0.3) is 10.9 Å². The van der Waals surface area contributed by atoms with Crippen molar-refractivity contribution in [2.45, 2.75) is 147 Å². The minimum absolute atomic E-state index is 0.00358. The number of nitrogens with one attached hydrogen (secondary N) is 6. The van der Waals surface area contributed by atoms with Crippen LogP contribution in [0.2, 0.25) is 0 Å². The molecule has 4 unspecified atom stereocenters. The Hall–Kier alpha value is -6.92. The molecule has 0 saturated carbocycles. The van der Waals surface area contributed by atoms with Gasteiger partial charge in [-0.15, -0.1) is 0 Å². The molecule has 0 spiro atoms. The third-order valence-corrected chi connectivity index (χ3v) is 15.2. The lowest BCUT2D eigenvalue weighted by atomic mass is 9.82. The summed E-state index contributed by atoms with van der Waals surface area (Å²) < 4.78 is 126. The van der Waals surface area contributed by atoms with Gasteiger partial charge in [0.05, 0.1) is 82.6 Å². The van der Waals surface area contributed by atoms with Crippen LogP contribution in [0.15, 0.2) is 107 Å². The van der Waals surface area contributed by atoms with Crippen molar-refractivity contribution in [3.05, 3.63) is 140 Å². The number of benzene rings is 4. The van der Waals surface area contributed by atoms with E-state index in [9.17, 15) is 45.5 Å². The third-order valence-electron chi connectivity index (χ3n) is 15.2. The first-order valence-electron chi connectivity index (χ1n) is 28.4. The van der Waals surface area contributed by atoms with Crippen molar-refractivity contribution in [2.24, 2.45) is 11.8 Å². The highest BCUT2D eigenvalue weighted by atomic mass is 19.4. The van der Waals surface area contributed by atoms with E-state index in [1.807, 2.05) is 26.0 Å². The SMILES string of the molecule is CCCCCCCCCCCNc1c(N[C@H]2C(COCc3ccc(OC)cc3)OCC(NC(=O)Nc3cccc(C(F)(F)F)c3)[C@H]2O[C@@H]2OC(COCc3ccc(OC)cc3)[C@@H](C)[C@H](C)C2NC(=O)Nc2cccc(C(F)(F)F)c2)c(=O)c1=O. The molecule has 84 heavy (non-hydrogen) atoms. The van der Waals surface area contributed by atoms with Crippen LogP contribution >= 0.6 is 0 Å². The zero-order valence-corrected chi connectivity index (χ0v) is 47.8. The Bertz CT molecular complexity index is 2940. The fraction of sp³-hybridized carbons (Fsp3) is 0.508. The number of halogens is 6. The summed E-state index contributed by atoms with van der Waals surface area (Å²) in [6, 6.07) is 17.0. The maximum atomic E-state index is 14.1. The molecule has 0 aromatic heterocycles. The van der Waals surface area contributed by atoms with Crippen LogP contribution in [0.4, 0.5) is 58.7 Å². The van der Waals surface area contributed by atoms with Gasteiger partial charge in [0.1, 0.15) is 35.1 Å². The monoisotopic (exact) mass is 1180 g/mol. The van der Waals surface area contributed by atoms with Crippen molar-refractivity contribution in [3.8, 4) is 11.5 Å². The number of ether oxygens (including phenoxy) is 7. The fourth-order valence-electron chi connectivity index (χ4n) is 10.2. The van der Waals surface area contributed by atoms with E-state index >= 15 is 0 Å².